The Labute approximate surface area is 183 Å². The van der Waals surface area contributed by atoms with Gasteiger partial charge in [0.15, 0.2) is 6.61 Å². The van der Waals surface area contributed by atoms with Gasteiger partial charge in [-0.15, -0.1) is 0 Å². The van der Waals surface area contributed by atoms with Crippen LogP contribution in [0.25, 0.3) is 10.9 Å². The van der Waals surface area contributed by atoms with Crippen molar-refractivity contribution in [3.05, 3.63) is 60.0 Å². The van der Waals surface area contributed by atoms with Crippen LogP contribution < -0.4 is 10.1 Å². The molecule has 31 heavy (non-hydrogen) atoms. The molecule has 7 heteroatoms. The number of aliphatic hydroxyl groups is 1. The number of amides is 1. The summed E-state index contributed by atoms with van der Waals surface area (Å²) in [7, 11) is 0. The third-order valence-corrected chi connectivity index (χ3v) is 5.49. The minimum absolute atomic E-state index is 0.0150. The minimum Gasteiger partial charge on any atom is -0.482 e. The van der Waals surface area contributed by atoms with Gasteiger partial charge in [-0.05, 0) is 44.9 Å². The van der Waals surface area contributed by atoms with Gasteiger partial charge in [-0.25, -0.2) is 0 Å². The average molecular weight is 425 g/mol. The van der Waals surface area contributed by atoms with Crippen molar-refractivity contribution in [2.75, 3.05) is 26.2 Å². The molecule has 2 aromatic heterocycles. The van der Waals surface area contributed by atoms with Crippen LogP contribution in [0.4, 0.5) is 0 Å². The number of para-hydroxylation sites is 1. The number of likely N-dealkylation sites (N-methyl/N-ethyl adjacent to an activating group) is 1. The summed E-state index contributed by atoms with van der Waals surface area (Å²) in [5.74, 6) is 0.663. The first-order chi connectivity index (χ1) is 15.0. The number of nitrogens with zero attached hydrogens (tertiary/aromatic N) is 2. The van der Waals surface area contributed by atoms with Crippen LogP contribution in [0.15, 0.2) is 48.9 Å². The fraction of sp³-hybridized carbons (Fsp3) is 0.417. The summed E-state index contributed by atoms with van der Waals surface area (Å²) in [6.45, 7) is 7.86. The number of ether oxygens (including phenoxy) is 1. The number of fused-ring (bicyclic) bond motifs is 1. The average Bonchev–Trinajstić information content (AvgIpc) is 3.20. The molecular formula is C24H32N4O3. The molecule has 1 amide bonds. The quantitative estimate of drug-likeness (QED) is 0.440. The Morgan fingerprint density at radius 3 is 2.77 bits per heavy atom. The van der Waals surface area contributed by atoms with Gasteiger partial charge in [-0.2, -0.15) is 0 Å². The first-order valence-corrected chi connectivity index (χ1v) is 10.8. The second-order valence-electron chi connectivity index (χ2n) is 7.66. The molecule has 0 spiro atoms. The molecule has 0 unspecified atom stereocenters. The SMILES string of the molecule is CCN(CC)C(=O)COc1cccc2c(C[C@@H](C)NC[C@@H](O)c3cccnc3)c[nH]c12. The van der Waals surface area contributed by atoms with E-state index in [0.29, 0.717) is 25.4 Å². The zero-order valence-electron chi connectivity index (χ0n) is 18.5. The van der Waals surface area contributed by atoms with Crippen molar-refractivity contribution in [2.45, 2.75) is 39.3 Å². The van der Waals surface area contributed by atoms with Gasteiger partial charge in [0.05, 0.1) is 11.6 Å². The number of carbonyl (C=O) groups excluding carboxylic acids is 1. The number of hydrogen-bond donors (Lipinski definition) is 3. The Bertz CT molecular complexity index is 969. The van der Waals surface area contributed by atoms with Crippen LogP contribution in [0.3, 0.4) is 0 Å². The Hall–Kier alpha value is -2.90. The van der Waals surface area contributed by atoms with Gasteiger partial charge in [0.1, 0.15) is 5.75 Å². The minimum atomic E-state index is -0.595. The molecule has 0 saturated heterocycles. The molecule has 3 rings (SSSR count). The third kappa shape index (κ3) is 5.83. The number of aliphatic hydroxyl groups excluding tert-OH is 1. The van der Waals surface area contributed by atoms with E-state index in [-0.39, 0.29) is 18.6 Å². The van der Waals surface area contributed by atoms with Crippen molar-refractivity contribution in [1.29, 1.82) is 0 Å². The standard InChI is InChI=1S/C24H32N4O3/c1-4-28(5-2)23(30)16-31-22-10-6-9-20-19(14-27-24(20)22)12-17(3)26-15-21(29)18-8-7-11-25-13-18/h6-11,13-14,17,21,26-27,29H,4-5,12,15-16H2,1-3H3/t17-,21-/m1/s1. The van der Waals surface area contributed by atoms with E-state index in [9.17, 15) is 9.90 Å². The lowest BCUT2D eigenvalue weighted by Gasteiger charge is -2.19. The van der Waals surface area contributed by atoms with Crippen molar-refractivity contribution in [2.24, 2.45) is 0 Å². The summed E-state index contributed by atoms with van der Waals surface area (Å²) in [6, 6.07) is 9.74. The van der Waals surface area contributed by atoms with Crippen LogP contribution in [0.2, 0.25) is 0 Å². The smallest absolute Gasteiger partial charge is 0.260 e. The second kappa shape index (κ2) is 10.9. The number of pyridine rings is 1. The molecule has 0 bridgehead atoms. The fourth-order valence-electron chi connectivity index (χ4n) is 3.69. The predicted octanol–water partition coefficient (Wildman–Crippen LogP) is 3.06. The number of aromatic amines is 1. The second-order valence-corrected chi connectivity index (χ2v) is 7.66. The van der Waals surface area contributed by atoms with Gasteiger partial charge < -0.3 is 25.0 Å². The van der Waals surface area contributed by atoms with Crippen molar-refractivity contribution in [3.8, 4) is 5.75 Å². The molecule has 3 N–H and O–H groups in total. The lowest BCUT2D eigenvalue weighted by atomic mass is 10.1. The van der Waals surface area contributed by atoms with Crippen molar-refractivity contribution < 1.29 is 14.6 Å². The number of carbonyl (C=O) groups is 1. The monoisotopic (exact) mass is 424 g/mol. The Morgan fingerprint density at radius 1 is 1.26 bits per heavy atom. The van der Waals surface area contributed by atoms with Crippen LogP contribution in [0.5, 0.6) is 5.75 Å². The number of H-pyrrole nitrogens is 1. The highest BCUT2D eigenvalue weighted by Crippen LogP contribution is 2.28. The molecule has 0 aliphatic carbocycles. The summed E-state index contributed by atoms with van der Waals surface area (Å²) in [4.78, 5) is 21.4. The number of nitrogens with one attached hydrogen (secondary N) is 2. The van der Waals surface area contributed by atoms with Crippen molar-refractivity contribution >= 4 is 16.8 Å². The largest absolute Gasteiger partial charge is 0.482 e. The van der Waals surface area contributed by atoms with Crippen LogP contribution in [-0.4, -0.2) is 58.2 Å². The van der Waals surface area contributed by atoms with Gasteiger partial charge in [-0.1, -0.05) is 18.2 Å². The van der Waals surface area contributed by atoms with Crippen molar-refractivity contribution in [1.82, 2.24) is 20.2 Å². The van der Waals surface area contributed by atoms with E-state index in [1.165, 1.54) is 0 Å². The zero-order chi connectivity index (χ0) is 22.2. The van der Waals surface area contributed by atoms with E-state index in [0.717, 1.165) is 28.5 Å². The lowest BCUT2D eigenvalue weighted by molar-refractivity contribution is -0.132. The maximum atomic E-state index is 12.3. The van der Waals surface area contributed by atoms with Gasteiger partial charge in [0.25, 0.3) is 5.91 Å². The maximum Gasteiger partial charge on any atom is 0.260 e. The highest BCUT2D eigenvalue weighted by molar-refractivity contribution is 5.89. The van der Waals surface area contributed by atoms with Crippen LogP contribution in [-0.2, 0) is 11.2 Å². The maximum absolute atomic E-state index is 12.3. The Kier molecular flexibility index (Phi) is 8.03. The highest BCUT2D eigenvalue weighted by Gasteiger charge is 2.15. The molecule has 2 heterocycles. The van der Waals surface area contributed by atoms with E-state index in [1.807, 2.05) is 44.3 Å². The molecule has 0 aliphatic heterocycles. The molecule has 3 aromatic rings. The first kappa shape index (κ1) is 22.8. The number of rotatable bonds is 11. The van der Waals surface area contributed by atoms with Gasteiger partial charge in [0, 0.05) is 55.2 Å². The molecule has 0 radical (unpaired) electrons. The van der Waals surface area contributed by atoms with E-state index in [1.54, 1.807) is 17.3 Å². The number of aromatic nitrogens is 2. The van der Waals surface area contributed by atoms with Gasteiger partial charge in [-0.3, -0.25) is 9.78 Å². The van der Waals surface area contributed by atoms with E-state index >= 15 is 0 Å². The summed E-state index contributed by atoms with van der Waals surface area (Å²) in [6.07, 6.45) is 5.56. The lowest BCUT2D eigenvalue weighted by Crippen LogP contribution is -2.34. The molecular weight excluding hydrogens is 392 g/mol. The highest BCUT2D eigenvalue weighted by atomic mass is 16.5. The Balaban J connectivity index is 1.60. The summed E-state index contributed by atoms with van der Waals surface area (Å²) >= 11 is 0. The van der Waals surface area contributed by atoms with Crippen LogP contribution in [0.1, 0.15) is 38.0 Å². The molecule has 0 aliphatic rings. The zero-order valence-corrected chi connectivity index (χ0v) is 18.5. The molecule has 0 saturated carbocycles. The fourth-order valence-corrected chi connectivity index (χ4v) is 3.69. The summed E-state index contributed by atoms with van der Waals surface area (Å²) < 4.78 is 5.83. The molecule has 166 valence electrons. The molecule has 1 aromatic carbocycles. The van der Waals surface area contributed by atoms with Gasteiger partial charge >= 0.3 is 0 Å². The summed E-state index contributed by atoms with van der Waals surface area (Å²) in [5, 5.41) is 14.8. The van der Waals surface area contributed by atoms with Crippen LogP contribution >= 0.6 is 0 Å². The third-order valence-electron chi connectivity index (χ3n) is 5.49. The van der Waals surface area contributed by atoms with E-state index in [4.69, 9.17) is 4.74 Å². The molecule has 2 atom stereocenters. The first-order valence-electron chi connectivity index (χ1n) is 10.8. The molecule has 0 fully saturated rings. The van der Waals surface area contributed by atoms with Gasteiger partial charge in [0.2, 0.25) is 0 Å². The van der Waals surface area contributed by atoms with Crippen LogP contribution in [0, 0.1) is 0 Å². The Morgan fingerprint density at radius 2 is 2.06 bits per heavy atom. The van der Waals surface area contributed by atoms with E-state index in [2.05, 4.69) is 28.3 Å². The predicted molar refractivity (Wildman–Crippen MR) is 122 cm³/mol. The molecule has 7 nitrogen and oxygen atoms in total. The topological polar surface area (TPSA) is 90.5 Å². The number of benzene rings is 1. The van der Waals surface area contributed by atoms with Crippen molar-refractivity contribution in [3.63, 3.8) is 0 Å². The normalized spacial score (nSPS) is 13.2. The summed E-state index contributed by atoms with van der Waals surface area (Å²) in [5.41, 5.74) is 2.86. The van der Waals surface area contributed by atoms with E-state index < -0.39 is 6.10 Å². The number of hydrogen-bond acceptors (Lipinski definition) is 5.